The van der Waals surface area contributed by atoms with E-state index < -0.39 is 5.97 Å². The van der Waals surface area contributed by atoms with Gasteiger partial charge in [-0.25, -0.2) is 9.78 Å². The number of rotatable bonds is 4. The van der Waals surface area contributed by atoms with Crippen LogP contribution in [0.5, 0.6) is 0 Å². The fraction of sp³-hybridized carbons (Fsp3) is 0.429. The maximum atomic E-state index is 10.9. The van der Waals surface area contributed by atoms with Crippen molar-refractivity contribution in [3.63, 3.8) is 0 Å². The topological polar surface area (TPSA) is 114 Å². The van der Waals surface area contributed by atoms with Crippen LogP contribution in [0.4, 0.5) is 0 Å². The molecule has 1 rings (SSSR count). The summed E-state index contributed by atoms with van der Waals surface area (Å²) in [7, 11) is 0. The van der Waals surface area contributed by atoms with Crippen molar-refractivity contribution < 1.29 is 9.63 Å². The first-order valence-electron chi connectivity index (χ1n) is 4.03. The molecule has 0 radical (unpaired) electrons. The lowest BCUT2D eigenvalue weighted by Gasteiger charge is -1.96. The average Bonchev–Trinajstić information content (AvgIpc) is 2.55. The Balaban J connectivity index is 2.85. The molecule has 2 N–H and O–H groups in total. The van der Waals surface area contributed by atoms with Crippen molar-refractivity contribution in [1.29, 1.82) is 0 Å². The maximum Gasteiger partial charge on any atom is 0.330 e. The van der Waals surface area contributed by atoms with Gasteiger partial charge in [-0.3, -0.25) is 0 Å². The first-order chi connectivity index (χ1) is 7.17. The lowest BCUT2D eigenvalue weighted by Crippen LogP contribution is -2.13. The molecule has 8 heteroatoms. The highest BCUT2D eigenvalue weighted by Gasteiger charge is 2.12. The van der Waals surface area contributed by atoms with Crippen LogP contribution in [0.15, 0.2) is 5.11 Å². The minimum atomic E-state index is -0.567. The van der Waals surface area contributed by atoms with Crippen LogP contribution >= 0.6 is 11.3 Å². The Labute approximate surface area is 89.5 Å². The highest BCUT2D eigenvalue weighted by Crippen LogP contribution is 2.19. The summed E-state index contributed by atoms with van der Waals surface area (Å²) in [5.74, 6) is 4.15. The van der Waals surface area contributed by atoms with Crippen molar-refractivity contribution >= 4 is 17.3 Å². The number of aryl methyl sites for hydroxylation is 1. The Morgan fingerprint density at radius 2 is 2.53 bits per heavy atom. The van der Waals surface area contributed by atoms with Crippen LogP contribution in [0.2, 0.25) is 0 Å². The van der Waals surface area contributed by atoms with E-state index in [0.29, 0.717) is 5.69 Å². The van der Waals surface area contributed by atoms with Crippen LogP contribution in [0.1, 0.15) is 15.6 Å². The van der Waals surface area contributed by atoms with Crippen molar-refractivity contribution in [1.82, 2.24) is 4.98 Å². The molecule has 15 heavy (non-hydrogen) atoms. The van der Waals surface area contributed by atoms with Gasteiger partial charge in [0.25, 0.3) is 0 Å². The van der Waals surface area contributed by atoms with Gasteiger partial charge in [-0.1, -0.05) is 5.11 Å². The second-order valence-corrected chi connectivity index (χ2v) is 3.95. The lowest BCUT2D eigenvalue weighted by molar-refractivity contribution is -0.143. The van der Waals surface area contributed by atoms with E-state index in [1.165, 1.54) is 11.3 Å². The van der Waals surface area contributed by atoms with Gasteiger partial charge in [0, 0.05) is 9.79 Å². The zero-order chi connectivity index (χ0) is 11.3. The second-order valence-electron chi connectivity index (χ2n) is 2.66. The molecule has 0 aliphatic heterocycles. The third kappa shape index (κ3) is 3.21. The van der Waals surface area contributed by atoms with Crippen LogP contribution in [0.3, 0.4) is 0 Å². The smallest absolute Gasteiger partial charge is 0.330 e. The number of nitrogens with zero attached hydrogens (tertiary/aromatic N) is 4. The standard InChI is InChI=1S/C7H9N5O2S/c1-4-11-5(2-7(13)14-9)6(15-4)3-10-12-8/h2-3,9H2,1H3. The molecule has 0 bridgehead atoms. The van der Waals surface area contributed by atoms with Gasteiger partial charge in [0.1, 0.15) is 0 Å². The normalized spacial score (nSPS) is 9.47. The van der Waals surface area contributed by atoms with Gasteiger partial charge in [-0.2, -0.15) is 5.90 Å². The van der Waals surface area contributed by atoms with E-state index in [-0.39, 0.29) is 13.0 Å². The summed E-state index contributed by atoms with van der Waals surface area (Å²) >= 11 is 1.38. The molecule has 0 aliphatic carbocycles. The average molecular weight is 227 g/mol. The molecule has 0 fully saturated rings. The van der Waals surface area contributed by atoms with Crippen molar-refractivity contribution in [2.75, 3.05) is 0 Å². The first kappa shape index (κ1) is 11.4. The second kappa shape index (κ2) is 5.30. The molecule has 1 aromatic rings. The molecule has 0 aromatic carbocycles. The summed E-state index contributed by atoms with van der Waals surface area (Å²) in [4.78, 5) is 22.5. The Bertz CT molecular complexity index is 410. The van der Waals surface area contributed by atoms with Gasteiger partial charge in [-0.05, 0) is 12.5 Å². The number of thiazole rings is 1. The van der Waals surface area contributed by atoms with Gasteiger partial charge in [0.15, 0.2) is 0 Å². The van der Waals surface area contributed by atoms with Gasteiger partial charge in [-0.15, -0.1) is 11.3 Å². The summed E-state index contributed by atoms with van der Waals surface area (Å²) in [5.41, 5.74) is 8.74. The van der Waals surface area contributed by atoms with Gasteiger partial charge in [0.2, 0.25) is 0 Å². The molecule has 80 valence electrons. The van der Waals surface area contributed by atoms with E-state index in [4.69, 9.17) is 11.4 Å². The first-order valence-corrected chi connectivity index (χ1v) is 4.84. The summed E-state index contributed by atoms with van der Waals surface area (Å²) in [6.45, 7) is 2.00. The lowest BCUT2D eigenvalue weighted by atomic mass is 10.3. The molecule has 0 saturated heterocycles. The largest absolute Gasteiger partial charge is 0.373 e. The van der Waals surface area contributed by atoms with E-state index >= 15 is 0 Å². The predicted octanol–water partition coefficient (Wildman–Crippen LogP) is 1.22. The molecule has 0 unspecified atom stereocenters. The zero-order valence-electron chi connectivity index (χ0n) is 8.01. The summed E-state index contributed by atoms with van der Waals surface area (Å²) in [6.07, 6.45) is -0.00286. The van der Waals surface area contributed by atoms with Crippen molar-refractivity contribution in [3.8, 4) is 0 Å². The molecule has 1 heterocycles. The van der Waals surface area contributed by atoms with Crippen molar-refractivity contribution in [2.45, 2.75) is 19.9 Å². The molecular formula is C7H9N5O2S. The van der Waals surface area contributed by atoms with Crippen LogP contribution < -0.4 is 5.90 Å². The molecule has 0 atom stereocenters. The molecule has 7 nitrogen and oxygen atoms in total. The minimum absolute atomic E-state index is 0.00286. The maximum absolute atomic E-state index is 10.9. The fourth-order valence-corrected chi connectivity index (χ4v) is 1.92. The van der Waals surface area contributed by atoms with E-state index in [0.717, 1.165) is 9.88 Å². The van der Waals surface area contributed by atoms with Crippen LogP contribution in [-0.2, 0) is 22.6 Å². The SMILES string of the molecule is Cc1nc(CC(=O)ON)c(CN=[N+]=[N-])s1. The number of aromatic nitrogens is 1. The Kier molecular flexibility index (Phi) is 4.04. The number of azide groups is 1. The van der Waals surface area contributed by atoms with Crippen LogP contribution in [0.25, 0.3) is 10.4 Å². The molecular weight excluding hydrogens is 218 g/mol. The number of nitrogens with two attached hydrogens (primary N) is 1. The molecule has 0 spiro atoms. The summed E-state index contributed by atoms with van der Waals surface area (Å²) < 4.78 is 0. The minimum Gasteiger partial charge on any atom is -0.373 e. The fourth-order valence-electron chi connectivity index (χ4n) is 1.05. The third-order valence-electron chi connectivity index (χ3n) is 1.61. The highest BCUT2D eigenvalue weighted by atomic mass is 32.1. The Morgan fingerprint density at radius 1 is 1.80 bits per heavy atom. The van der Waals surface area contributed by atoms with E-state index in [1.54, 1.807) is 0 Å². The summed E-state index contributed by atoms with van der Waals surface area (Å²) in [6, 6.07) is 0. The van der Waals surface area contributed by atoms with E-state index in [1.807, 2.05) is 6.92 Å². The van der Waals surface area contributed by atoms with Crippen LogP contribution in [0, 0.1) is 6.92 Å². The highest BCUT2D eigenvalue weighted by molar-refractivity contribution is 7.11. The molecule has 0 aliphatic rings. The van der Waals surface area contributed by atoms with Gasteiger partial charge in [0.05, 0.1) is 23.7 Å². The van der Waals surface area contributed by atoms with Gasteiger partial charge < -0.3 is 4.84 Å². The van der Waals surface area contributed by atoms with Gasteiger partial charge >= 0.3 is 5.97 Å². The van der Waals surface area contributed by atoms with Crippen LogP contribution in [-0.4, -0.2) is 11.0 Å². The Morgan fingerprint density at radius 3 is 3.13 bits per heavy atom. The third-order valence-corrected chi connectivity index (χ3v) is 2.60. The number of carbonyl (C=O) groups is 1. The number of carbonyl (C=O) groups excluding carboxylic acids is 1. The molecule has 0 amide bonds. The monoisotopic (exact) mass is 227 g/mol. The molecule has 0 saturated carbocycles. The summed E-state index contributed by atoms with van der Waals surface area (Å²) in [5, 5.41) is 4.22. The number of hydrogen-bond donors (Lipinski definition) is 1. The predicted molar refractivity (Wildman–Crippen MR) is 53.7 cm³/mol. The van der Waals surface area contributed by atoms with E-state index in [2.05, 4.69) is 19.8 Å². The zero-order valence-corrected chi connectivity index (χ0v) is 8.82. The Hall–Kier alpha value is -1.63. The molecule has 1 aromatic heterocycles. The quantitative estimate of drug-likeness (QED) is 0.360. The van der Waals surface area contributed by atoms with E-state index in [9.17, 15) is 4.79 Å². The van der Waals surface area contributed by atoms with Crippen molar-refractivity contribution in [3.05, 3.63) is 26.0 Å². The number of hydrogen-bond acceptors (Lipinski definition) is 6. The van der Waals surface area contributed by atoms with Crippen molar-refractivity contribution in [2.24, 2.45) is 11.0 Å².